The Hall–Kier alpha value is -4.06. The Morgan fingerprint density at radius 1 is 0.889 bits per heavy atom. The fraction of sp³-hybridized carbons (Fsp3) is 0.267. The van der Waals surface area contributed by atoms with Gasteiger partial charge >= 0.3 is 0 Å². The van der Waals surface area contributed by atoms with E-state index in [2.05, 4.69) is 17.1 Å². The van der Waals surface area contributed by atoms with Crippen molar-refractivity contribution in [3.05, 3.63) is 96.1 Å². The third kappa shape index (κ3) is 6.98. The van der Waals surface area contributed by atoms with Gasteiger partial charge in [0.05, 0.1) is 6.61 Å². The Balaban J connectivity index is 1.25. The Morgan fingerprint density at radius 3 is 2.25 bits per heavy atom. The third-order valence-electron chi connectivity index (χ3n) is 6.18. The van der Waals surface area contributed by atoms with Crippen LogP contribution in [-0.4, -0.2) is 49.5 Å². The topological polar surface area (TPSA) is 61.9 Å². The SMILES string of the molecule is CCCCOc1ccc(C(=O)Nc2ccc(N3CCN(C(=O)/C=C/c4ccccc4)CC3)cc2)cc1. The molecule has 1 saturated heterocycles. The fourth-order valence-electron chi connectivity index (χ4n) is 4.02. The number of carbonyl (C=O) groups excluding carboxylic acids is 2. The first-order valence-corrected chi connectivity index (χ1v) is 12.5. The van der Waals surface area contributed by atoms with Gasteiger partial charge in [0.2, 0.25) is 5.91 Å². The average Bonchev–Trinajstić information content (AvgIpc) is 2.93. The number of carbonyl (C=O) groups is 2. The largest absolute Gasteiger partial charge is 0.494 e. The fourth-order valence-corrected chi connectivity index (χ4v) is 4.02. The van der Waals surface area contributed by atoms with Crippen LogP contribution in [0.25, 0.3) is 6.08 Å². The second-order valence-corrected chi connectivity index (χ2v) is 8.78. The number of rotatable bonds is 9. The van der Waals surface area contributed by atoms with Crippen LogP contribution in [-0.2, 0) is 4.79 Å². The minimum absolute atomic E-state index is 0.0390. The lowest BCUT2D eigenvalue weighted by Crippen LogP contribution is -2.48. The molecular formula is C30H33N3O3. The lowest BCUT2D eigenvalue weighted by molar-refractivity contribution is -0.126. The highest BCUT2D eigenvalue weighted by atomic mass is 16.5. The second kappa shape index (κ2) is 12.6. The lowest BCUT2D eigenvalue weighted by Gasteiger charge is -2.35. The van der Waals surface area contributed by atoms with E-state index in [0.29, 0.717) is 25.3 Å². The molecule has 0 saturated carbocycles. The standard InChI is InChI=1S/C30H33N3O3/c1-2-3-23-36-28-16-10-25(11-17-28)30(35)31-26-12-14-27(15-13-26)32-19-21-33(22-20-32)29(34)18-9-24-7-5-4-6-8-24/h4-18H,2-3,19-23H2,1H3,(H,31,35)/b18-9+. The Labute approximate surface area is 213 Å². The molecule has 36 heavy (non-hydrogen) atoms. The number of nitrogens with zero attached hydrogens (tertiary/aromatic N) is 2. The number of nitrogens with one attached hydrogen (secondary N) is 1. The summed E-state index contributed by atoms with van der Waals surface area (Å²) >= 11 is 0. The zero-order chi connectivity index (χ0) is 25.2. The Morgan fingerprint density at radius 2 is 1.58 bits per heavy atom. The van der Waals surface area contributed by atoms with Crippen LogP contribution in [0.5, 0.6) is 5.75 Å². The molecule has 1 aliphatic heterocycles. The van der Waals surface area contributed by atoms with Crippen LogP contribution < -0.4 is 15.0 Å². The molecule has 1 aliphatic rings. The van der Waals surface area contributed by atoms with E-state index in [1.54, 1.807) is 18.2 Å². The van der Waals surface area contributed by atoms with E-state index in [-0.39, 0.29) is 11.8 Å². The summed E-state index contributed by atoms with van der Waals surface area (Å²) in [5.41, 5.74) is 3.43. The minimum atomic E-state index is -0.154. The summed E-state index contributed by atoms with van der Waals surface area (Å²) in [6, 6.07) is 24.9. The molecule has 6 heteroatoms. The number of anilines is 2. The minimum Gasteiger partial charge on any atom is -0.494 e. The Kier molecular flexibility index (Phi) is 8.76. The van der Waals surface area contributed by atoms with Gasteiger partial charge in [-0.2, -0.15) is 0 Å². The summed E-state index contributed by atoms with van der Waals surface area (Å²) in [7, 11) is 0. The molecular weight excluding hydrogens is 450 g/mol. The summed E-state index contributed by atoms with van der Waals surface area (Å²) in [6.07, 6.45) is 5.60. The van der Waals surface area contributed by atoms with Gasteiger partial charge in [0.25, 0.3) is 5.91 Å². The van der Waals surface area contributed by atoms with Crippen LogP contribution in [0.15, 0.2) is 84.9 Å². The molecule has 6 nitrogen and oxygen atoms in total. The normalized spacial score (nSPS) is 13.6. The lowest BCUT2D eigenvalue weighted by atomic mass is 10.2. The zero-order valence-electron chi connectivity index (χ0n) is 20.7. The number of piperazine rings is 1. The molecule has 1 N–H and O–H groups in total. The van der Waals surface area contributed by atoms with Crippen LogP contribution in [0.2, 0.25) is 0 Å². The number of hydrogen-bond donors (Lipinski definition) is 1. The van der Waals surface area contributed by atoms with Crippen molar-refractivity contribution in [3.63, 3.8) is 0 Å². The van der Waals surface area contributed by atoms with Gasteiger partial charge in [0, 0.05) is 49.2 Å². The van der Waals surface area contributed by atoms with Crippen molar-refractivity contribution in [1.82, 2.24) is 4.90 Å². The molecule has 1 heterocycles. The van der Waals surface area contributed by atoms with Gasteiger partial charge in [-0.25, -0.2) is 0 Å². The maximum atomic E-state index is 12.6. The van der Waals surface area contributed by atoms with E-state index >= 15 is 0 Å². The van der Waals surface area contributed by atoms with E-state index in [4.69, 9.17) is 4.74 Å². The van der Waals surface area contributed by atoms with Gasteiger partial charge in [-0.15, -0.1) is 0 Å². The molecule has 3 aromatic carbocycles. The summed E-state index contributed by atoms with van der Waals surface area (Å²) in [5.74, 6) is 0.661. The molecule has 0 spiro atoms. The Bertz CT molecular complexity index is 1150. The molecule has 0 aromatic heterocycles. The molecule has 0 bridgehead atoms. The summed E-state index contributed by atoms with van der Waals surface area (Å²) in [6.45, 7) is 5.69. The van der Waals surface area contributed by atoms with Crippen molar-refractivity contribution < 1.29 is 14.3 Å². The molecule has 4 rings (SSSR count). The number of amides is 2. The van der Waals surface area contributed by atoms with Crippen LogP contribution >= 0.6 is 0 Å². The number of ether oxygens (including phenoxy) is 1. The van der Waals surface area contributed by atoms with E-state index in [1.165, 1.54) is 0 Å². The van der Waals surface area contributed by atoms with Crippen LogP contribution in [0.4, 0.5) is 11.4 Å². The van der Waals surface area contributed by atoms with Crippen molar-refractivity contribution in [3.8, 4) is 5.75 Å². The highest BCUT2D eigenvalue weighted by molar-refractivity contribution is 6.04. The highest BCUT2D eigenvalue weighted by Gasteiger charge is 2.20. The van der Waals surface area contributed by atoms with Crippen LogP contribution in [0.3, 0.4) is 0 Å². The first-order chi connectivity index (χ1) is 17.6. The van der Waals surface area contributed by atoms with Gasteiger partial charge in [-0.1, -0.05) is 43.7 Å². The predicted molar refractivity (Wildman–Crippen MR) is 146 cm³/mol. The summed E-state index contributed by atoms with van der Waals surface area (Å²) < 4.78 is 5.66. The van der Waals surface area contributed by atoms with Crippen molar-refractivity contribution in [1.29, 1.82) is 0 Å². The van der Waals surface area contributed by atoms with Gasteiger partial charge < -0.3 is 19.9 Å². The third-order valence-corrected chi connectivity index (χ3v) is 6.18. The smallest absolute Gasteiger partial charge is 0.255 e. The maximum Gasteiger partial charge on any atom is 0.255 e. The summed E-state index contributed by atoms with van der Waals surface area (Å²) in [4.78, 5) is 29.3. The second-order valence-electron chi connectivity index (χ2n) is 8.78. The molecule has 0 atom stereocenters. The van der Waals surface area contributed by atoms with E-state index in [0.717, 1.165) is 48.6 Å². The van der Waals surface area contributed by atoms with E-state index < -0.39 is 0 Å². The van der Waals surface area contributed by atoms with E-state index in [9.17, 15) is 9.59 Å². The number of benzene rings is 3. The average molecular weight is 484 g/mol. The number of hydrogen-bond acceptors (Lipinski definition) is 4. The highest BCUT2D eigenvalue weighted by Crippen LogP contribution is 2.21. The first kappa shape index (κ1) is 25.0. The quantitative estimate of drug-likeness (QED) is 0.323. The molecule has 1 fully saturated rings. The van der Waals surface area contributed by atoms with Crippen LogP contribution in [0.1, 0.15) is 35.7 Å². The maximum absolute atomic E-state index is 12.6. The van der Waals surface area contributed by atoms with Crippen molar-refractivity contribution >= 4 is 29.3 Å². The predicted octanol–water partition coefficient (Wildman–Crippen LogP) is 5.48. The molecule has 186 valence electrons. The monoisotopic (exact) mass is 483 g/mol. The van der Waals surface area contributed by atoms with Crippen molar-refractivity contribution in [2.24, 2.45) is 0 Å². The van der Waals surface area contributed by atoms with Crippen molar-refractivity contribution in [2.75, 3.05) is 43.0 Å². The van der Waals surface area contributed by atoms with Crippen molar-refractivity contribution in [2.45, 2.75) is 19.8 Å². The van der Waals surface area contributed by atoms with Gasteiger partial charge in [0.1, 0.15) is 5.75 Å². The van der Waals surface area contributed by atoms with Gasteiger partial charge in [-0.3, -0.25) is 9.59 Å². The molecule has 2 amide bonds. The zero-order valence-corrected chi connectivity index (χ0v) is 20.7. The number of unbranched alkanes of at least 4 members (excludes halogenated alkanes) is 1. The molecule has 3 aromatic rings. The summed E-state index contributed by atoms with van der Waals surface area (Å²) in [5, 5.41) is 2.95. The van der Waals surface area contributed by atoms with Gasteiger partial charge in [-0.05, 0) is 66.6 Å². The molecule has 0 unspecified atom stereocenters. The molecule has 0 aliphatic carbocycles. The van der Waals surface area contributed by atoms with E-state index in [1.807, 2.05) is 77.7 Å². The first-order valence-electron chi connectivity index (χ1n) is 12.5. The van der Waals surface area contributed by atoms with Gasteiger partial charge in [0.15, 0.2) is 0 Å². The molecule has 0 radical (unpaired) electrons. The van der Waals surface area contributed by atoms with Crippen LogP contribution in [0, 0.1) is 0 Å².